The number of fused-ring (bicyclic) bond motifs is 2. The molecule has 0 saturated heterocycles. The van der Waals surface area contributed by atoms with Crippen molar-refractivity contribution in [2.45, 2.75) is 17.9 Å². The first-order valence-electron chi connectivity index (χ1n) is 10.3. The fourth-order valence-corrected chi connectivity index (χ4v) is 6.71. The Hall–Kier alpha value is -2.65. The molecule has 0 amide bonds. The van der Waals surface area contributed by atoms with Gasteiger partial charge in [-0.3, -0.25) is 4.40 Å². The molecule has 5 aromatic rings. The van der Waals surface area contributed by atoms with Crippen LogP contribution in [0, 0.1) is 0 Å². The lowest BCUT2D eigenvalue weighted by Crippen LogP contribution is -2.20. The summed E-state index contributed by atoms with van der Waals surface area (Å²) in [6, 6.07) is 17.9. The zero-order valence-electron chi connectivity index (χ0n) is 17.1. The van der Waals surface area contributed by atoms with Gasteiger partial charge in [-0.25, -0.2) is 8.96 Å². The molecule has 3 aromatic heterocycles. The maximum absolute atomic E-state index is 13.6. The van der Waals surface area contributed by atoms with Crippen LogP contribution in [-0.2, 0) is 22.9 Å². The van der Waals surface area contributed by atoms with Gasteiger partial charge in [0.25, 0.3) is 10.0 Å². The van der Waals surface area contributed by atoms with Crippen LogP contribution in [0.4, 0.5) is 0 Å². The Kier molecular flexibility index (Phi) is 5.77. The van der Waals surface area contributed by atoms with E-state index in [1.54, 1.807) is 17.8 Å². The Morgan fingerprint density at radius 3 is 2.59 bits per heavy atom. The molecule has 0 aliphatic rings. The third-order valence-corrected chi connectivity index (χ3v) is 8.28. The zero-order valence-corrected chi connectivity index (χ0v) is 19.5. The van der Waals surface area contributed by atoms with E-state index < -0.39 is 10.0 Å². The summed E-state index contributed by atoms with van der Waals surface area (Å²) in [4.78, 5) is 4.74. The second kappa shape index (κ2) is 8.71. The van der Waals surface area contributed by atoms with Gasteiger partial charge in [-0.1, -0.05) is 60.1 Å². The Morgan fingerprint density at radius 1 is 1.00 bits per heavy atom. The molecular weight excluding hydrogens is 464 g/mol. The zero-order chi connectivity index (χ0) is 22.1. The van der Waals surface area contributed by atoms with Crippen molar-refractivity contribution < 1.29 is 8.42 Å². The fraction of sp³-hybridized carbons (Fsp3) is 0.174. The van der Waals surface area contributed by atoms with Crippen LogP contribution in [-0.4, -0.2) is 34.9 Å². The molecule has 9 heteroatoms. The van der Waals surface area contributed by atoms with Gasteiger partial charge in [0.15, 0.2) is 10.1 Å². The Bertz CT molecular complexity index is 1490. The van der Waals surface area contributed by atoms with E-state index in [-0.39, 0.29) is 10.2 Å². The van der Waals surface area contributed by atoms with Crippen LogP contribution >= 0.6 is 22.9 Å². The van der Waals surface area contributed by atoms with Gasteiger partial charge in [-0.15, -0.1) is 11.3 Å². The number of hydrogen-bond donors (Lipinski definition) is 1. The van der Waals surface area contributed by atoms with E-state index >= 15 is 0 Å². The highest BCUT2D eigenvalue weighted by atomic mass is 35.5. The van der Waals surface area contributed by atoms with Crippen LogP contribution in [0.25, 0.3) is 15.9 Å². The molecule has 0 aliphatic carbocycles. The summed E-state index contributed by atoms with van der Waals surface area (Å²) in [5.74, 6) is 0. The molecule has 0 aliphatic heterocycles. The minimum absolute atomic E-state index is 0.0105. The Balaban J connectivity index is 1.40. The molecule has 0 spiro atoms. The summed E-state index contributed by atoms with van der Waals surface area (Å²) >= 11 is 7.58. The highest BCUT2D eigenvalue weighted by Crippen LogP contribution is 2.31. The third-order valence-electron chi connectivity index (χ3n) is 5.45. The number of benzene rings is 2. The van der Waals surface area contributed by atoms with Gasteiger partial charge in [0.2, 0.25) is 5.03 Å². The number of thiazole rings is 1. The van der Waals surface area contributed by atoms with E-state index in [4.69, 9.17) is 11.6 Å². The van der Waals surface area contributed by atoms with Gasteiger partial charge in [-0.05, 0) is 43.1 Å². The van der Waals surface area contributed by atoms with Gasteiger partial charge in [0.1, 0.15) is 0 Å². The monoisotopic (exact) mass is 484 g/mol. The van der Waals surface area contributed by atoms with Crippen LogP contribution in [0.3, 0.4) is 0 Å². The second-order valence-electron chi connectivity index (χ2n) is 7.47. The van der Waals surface area contributed by atoms with E-state index in [2.05, 4.69) is 22.4 Å². The van der Waals surface area contributed by atoms with Gasteiger partial charge in [0, 0.05) is 23.2 Å². The van der Waals surface area contributed by atoms with Crippen molar-refractivity contribution >= 4 is 48.8 Å². The lowest BCUT2D eigenvalue weighted by Gasteiger charge is -2.07. The van der Waals surface area contributed by atoms with E-state index in [9.17, 15) is 8.42 Å². The summed E-state index contributed by atoms with van der Waals surface area (Å²) in [7, 11) is -3.93. The summed E-state index contributed by atoms with van der Waals surface area (Å²) in [5, 5.41) is 6.14. The number of rotatable bonds is 8. The Labute approximate surface area is 195 Å². The SMILES string of the molecule is O=S(=O)(c1c(Cl)nc2sccn12)n1cc(CCNCCc2ccccc2)c2ccccc21. The summed E-state index contributed by atoms with van der Waals surface area (Å²) in [6.07, 6.45) is 5.05. The predicted octanol–water partition coefficient (Wildman–Crippen LogP) is 4.62. The number of hydrogen-bond acceptors (Lipinski definition) is 5. The molecule has 0 saturated carbocycles. The lowest BCUT2D eigenvalue weighted by atomic mass is 10.1. The van der Waals surface area contributed by atoms with Crippen LogP contribution in [0.2, 0.25) is 5.15 Å². The molecule has 32 heavy (non-hydrogen) atoms. The summed E-state index contributed by atoms with van der Waals surface area (Å²) in [5.41, 5.74) is 2.90. The van der Waals surface area contributed by atoms with Crippen LogP contribution in [0.1, 0.15) is 11.1 Å². The van der Waals surface area contributed by atoms with E-state index in [1.165, 1.54) is 25.3 Å². The number of nitrogens with one attached hydrogen (secondary N) is 1. The molecule has 1 N–H and O–H groups in total. The van der Waals surface area contributed by atoms with Crippen LogP contribution in [0.5, 0.6) is 0 Å². The van der Waals surface area contributed by atoms with Crippen molar-refractivity contribution in [1.82, 2.24) is 18.7 Å². The van der Waals surface area contributed by atoms with Gasteiger partial charge in [0.05, 0.1) is 5.52 Å². The van der Waals surface area contributed by atoms with Crippen LogP contribution < -0.4 is 5.32 Å². The van der Waals surface area contributed by atoms with Gasteiger partial charge in [-0.2, -0.15) is 8.42 Å². The first-order chi connectivity index (χ1) is 15.6. The smallest absolute Gasteiger partial charge is 0.287 e. The molecule has 0 fully saturated rings. The topological polar surface area (TPSA) is 68.4 Å². The maximum atomic E-state index is 13.6. The van der Waals surface area contributed by atoms with Crippen molar-refractivity contribution in [3.63, 3.8) is 0 Å². The minimum atomic E-state index is -3.93. The van der Waals surface area contributed by atoms with Crippen LogP contribution in [0.15, 0.2) is 77.4 Å². The number of imidazole rings is 1. The van der Waals surface area contributed by atoms with E-state index in [0.717, 1.165) is 30.5 Å². The highest BCUT2D eigenvalue weighted by Gasteiger charge is 2.28. The van der Waals surface area contributed by atoms with Crippen molar-refractivity contribution in [2.24, 2.45) is 0 Å². The predicted molar refractivity (Wildman–Crippen MR) is 129 cm³/mol. The molecule has 5 rings (SSSR count). The molecule has 2 aromatic carbocycles. The number of nitrogens with zero attached hydrogens (tertiary/aromatic N) is 3. The second-order valence-corrected chi connectivity index (χ2v) is 10.4. The normalized spacial score (nSPS) is 12.2. The molecule has 0 atom stereocenters. The lowest BCUT2D eigenvalue weighted by molar-refractivity contribution is 0.584. The fourth-order valence-electron chi connectivity index (χ4n) is 3.90. The highest BCUT2D eigenvalue weighted by molar-refractivity contribution is 7.90. The summed E-state index contributed by atoms with van der Waals surface area (Å²) < 4.78 is 30.0. The molecule has 3 heterocycles. The first-order valence-corrected chi connectivity index (χ1v) is 13.0. The first kappa shape index (κ1) is 21.2. The minimum Gasteiger partial charge on any atom is -0.316 e. The van der Waals surface area contributed by atoms with Crippen molar-refractivity contribution in [2.75, 3.05) is 13.1 Å². The molecular formula is C23H21ClN4O2S2. The maximum Gasteiger partial charge on any atom is 0.287 e. The molecule has 0 bridgehead atoms. The average molecular weight is 485 g/mol. The number of aromatic nitrogens is 3. The van der Waals surface area contributed by atoms with Crippen molar-refractivity contribution in [3.05, 3.63) is 88.7 Å². The molecule has 164 valence electrons. The van der Waals surface area contributed by atoms with Gasteiger partial charge < -0.3 is 5.32 Å². The largest absolute Gasteiger partial charge is 0.316 e. The number of para-hydroxylation sites is 1. The molecule has 6 nitrogen and oxygen atoms in total. The summed E-state index contributed by atoms with van der Waals surface area (Å²) in [6.45, 7) is 1.62. The third kappa shape index (κ3) is 3.84. The van der Waals surface area contributed by atoms with Crippen molar-refractivity contribution in [1.29, 1.82) is 0 Å². The van der Waals surface area contributed by atoms with E-state index in [1.807, 2.05) is 42.5 Å². The molecule has 0 radical (unpaired) electrons. The standard InChI is InChI=1S/C23H21ClN4O2S2/c24-21-22(27-14-15-31-23(27)26-21)32(29,30)28-16-18(19-8-4-5-9-20(19)28)11-13-25-12-10-17-6-2-1-3-7-17/h1-9,14-16,25H,10-13H2. The van der Waals surface area contributed by atoms with E-state index in [0.29, 0.717) is 16.9 Å². The quantitative estimate of drug-likeness (QED) is 0.326. The Morgan fingerprint density at radius 2 is 1.75 bits per heavy atom. The molecule has 0 unspecified atom stereocenters. The van der Waals surface area contributed by atoms with Crippen molar-refractivity contribution in [3.8, 4) is 0 Å². The number of halogens is 1. The van der Waals surface area contributed by atoms with Gasteiger partial charge >= 0.3 is 0 Å². The average Bonchev–Trinajstić information content (AvgIpc) is 3.47.